The molecule has 0 saturated carbocycles. The fourth-order valence-corrected chi connectivity index (χ4v) is 1.46. The quantitative estimate of drug-likeness (QED) is 0.671. The Morgan fingerprint density at radius 3 is 2.88 bits per heavy atom. The second kappa shape index (κ2) is 5.40. The number of anilines is 1. The summed E-state index contributed by atoms with van der Waals surface area (Å²) in [5, 5.41) is 9.99. The number of hydrogen-bond acceptors (Lipinski definition) is 4. The number of benzene rings is 1. The molecule has 1 heterocycles. The molecule has 0 saturated heterocycles. The second-order valence-corrected chi connectivity index (χ2v) is 4.00. The first-order chi connectivity index (χ1) is 8.27. The molecule has 0 bridgehead atoms. The average molecular weight is 293 g/mol. The predicted molar refractivity (Wildman–Crippen MR) is 70.2 cm³/mol. The minimum absolute atomic E-state index is 0.301. The van der Waals surface area contributed by atoms with Gasteiger partial charge in [0.1, 0.15) is 4.47 Å². The van der Waals surface area contributed by atoms with E-state index >= 15 is 0 Å². The maximum Gasteiger partial charge on any atom is 0.280 e. The van der Waals surface area contributed by atoms with E-state index in [1.807, 2.05) is 30.3 Å². The van der Waals surface area contributed by atoms with Crippen molar-refractivity contribution in [1.29, 1.82) is 0 Å². The zero-order valence-electron chi connectivity index (χ0n) is 8.72. The normalized spacial score (nSPS) is 10.6. The van der Waals surface area contributed by atoms with Crippen LogP contribution < -0.4 is 11.0 Å². The van der Waals surface area contributed by atoms with Gasteiger partial charge < -0.3 is 0 Å². The molecule has 17 heavy (non-hydrogen) atoms. The summed E-state index contributed by atoms with van der Waals surface area (Å²) in [4.78, 5) is 11.2. The largest absolute Gasteiger partial charge is 0.280 e. The third kappa shape index (κ3) is 3.01. The Hall–Kier alpha value is -1.95. The van der Waals surface area contributed by atoms with Crippen LogP contribution in [0.4, 0.5) is 5.69 Å². The van der Waals surface area contributed by atoms with Crippen molar-refractivity contribution in [3.05, 3.63) is 56.9 Å². The van der Waals surface area contributed by atoms with Crippen molar-refractivity contribution in [3.63, 3.8) is 0 Å². The number of aromatic nitrogens is 2. The summed E-state index contributed by atoms with van der Waals surface area (Å²) in [6.07, 6.45) is 3.14. The average Bonchev–Trinajstić information content (AvgIpc) is 2.36. The molecular weight excluding hydrogens is 284 g/mol. The number of rotatable bonds is 3. The Labute approximate surface area is 106 Å². The van der Waals surface area contributed by atoms with Gasteiger partial charge in [-0.2, -0.15) is 10.2 Å². The number of hydrazone groups is 1. The zero-order chi connectivity index (χ0) is 12.1. The first kappa shape index (κ1) is 11.5. The van der Waals surface area contributed by atoms with E-state index in [2.05, 4.69) is 36.7 Å². The summed E-state index contributed by atoms with van der Waals surface area (Å²) in [5.41, 5.74) is 3.92. The Morgan fingerprint density at radius 1 is 1.35 bits per heavy atom. The van der Waals surface area contributed by atoms with Crippen molar-refractivity contribution in [2.45, 2.75) is 0 Å². The van der Waals surface area contributed by atoms with E-state index in [0.29, 0.717) is 10.2 Å². The number of halogens is 1. The van der Waals surface area contributed by atoms with E-state index in [9.17, 15) is 4.79 Å². The van der Waals surface area contributed by atoms with Gasteiger partial charge in [0.25, 0.3) is 5.56 Å². The van der Waals surface area contributed by atoms with Crippen molar-refractivity contribution < 1.29 is 0 Å². The maximum absolute atomic E-state index is 11.2. The predicted octanol–water partition coefficient (Wildman–Crippen LogP) is 1.98. The standard InChI is InChI=1S/C11H9BrN4O/c12-10-9(7-14-16-11(10)17)15-13-6-8-4-2-1-3-5-8/h1-7H,(H2,15,16,17)/b13-6+. The molecule has 0 fully saturated rings. The lowest BCUT2D eigenvalue weighted by Crippen LogP contribution is -2.10. The van der Waals surface area contributed by atoms with Crippen molar-refractivity contribution in [2.24, 2.45) is 5.10 Å². The minimum Gasteiger partial charge on any atom is -0.275 e. The smallest absolute Gasteiger partial charge is 0.275 e. The highest BCUT2D eigenvalue weighted by molar-refractivity contribution is 9.10. The lowest BCUT2D eigenvalue weighted by molar-refractivity contribution is 0.977. The summed E-state index contributed by atoms with van der Waals surface area (Å²) >= 11 is 3.15. The fourth-order valence-electron chi connectivity index (χ4n) is 1.18. The molecule has 2 rings (SSSR count). The summed E-state index contributed by atoms with van der Waals surface area (Å²) in [6.45, 7) is 0. The number of nitrogens with one attached hydrogen (secondary N) is 2. The monoisotopic (exact) mass is 292 g/mol. The van der Waals surface area contributed by atoms with Crippen LogP contribution in [0.2, 0.25) is 0 Å². The van der Waals surface area contributed by atoms with Crippen LogP contribution >= 0.6 is 15.9 Å². The molecule has 1 aromatic heterocycles. The second-order valence-electron chi connectivity index (χ2n) is 3.21. The van der Waals surface area contributed by atoms with Gasteiger partial charge in [-0.1, -0.05) is 30.3 Å². The van der Waals surface area contributed by atoms with E-state index in [0.717, 1.165) is 5.56 Å². The van der Waals surface area contributed by atoms with E-state index in [1.165, 1.54) is 6.20 Å². The summed E-state index contributed by atoms with van der Waals surface area (Å²) < 4.78 is 0.373. The molecule has 0 aliphatic heterocycles. The van der Waals surface area contributed by atoms with Crippen molar-refractivity contribution >= 4 is 27.8 Å². The molecule has 2 N–H and O–H groups in total. The zero-order valence-corrected chi connectivity index (χ0v) is 10.3. The molecule has 0 aliphatic carbocycles. The van der Waals surface area contributed by atoms with E-state index < -0.39 is 0 Å². The third-order valence-electron chi connectivity index (χ3n) is 1.99. The summed E-state index contributed by atoms with van der Waals surface area (Å²) in [6, 6.07) is 9.63. The molecule has 2 aromatic rings. The highest BCUT2D eigenvalue weighted by Crippen LogP contribution is 2.14. The van der Waals surface area contributed by atoms with Crippen molar-refractivity contribution in [2.75, 3.05) is 5.43 Å². The van der Waals surface area contributed by atoms with Crippen LogP contribution in [-0.4, -0.2) is 16.4 Å². The van der Waals surface area contributed by atoms with Gasteiger partial charge in [0.2, 0.25) is 0 Å². The molecule has 6 heteroatoms. The van der Waals surface area contributed by atoms with Crippen LogP contribution in [0, 0.1) is 0 Å². The topological polar surface area (TPSA) is 70.1 Å². The Balaban J connectivity index is 2.11. The van der Waals surface area contributed by atoms with Gasteiger partial charge in [0.05, 0.1) is 18.1 Å². The van der Waals surface area contributed by atoms with Gasteiger partial charge in [0, 0.05) is 0 Å². The summed E-state index contributed by atoms with van der Waals surface area (Å²) in [7, 11) is 0. The van der Waals surface area contributed by atoms with E-state index in [-0.39, 0.29) is 5.56 Å². The van der Waals surface area contributed by atoms with Crippen LogP contribution in [0.3, 0.4) is 0 Å². The van der Waals surface area contributed by atoms with Crippen LogP contribution in [0.1, 0.15) is 5.56 Å². The summed E-state index contributed by atoms with van der Waals surface area (Å²) in [5.74, 6) is 0. The van der Waals surface area contributed by atoms with Gasteiger partial charge in [-0.15, -0.1) is 0 Å². The van der Waals surface area contributed by atoms with Crippen molar-refractivity contribution in [3.8, 4) is 0 Å². The molecule has 1 aromatic carbocycles. The minimum atomic E-state index is -0.301. The number of H-pyrrole nitrogens is 1. The first-order valence-corrected chi connectivity index (χ1v) is 5.64. The third-order valence-corrected chi connectivity index (χ3v) is 2.78. The first-order valence-electron chi connectivity index (χ1n) is 4.84. The molecule has 5 nitrogen and oxygen atoms in total. The number of aromatic amines is 1. The fraction of sp³-hybridized carbons (Fsp3) is 0. The van der Waals surface area contributed by atoms with E-state index in [4.69, 9.17) is 0 Å². The van der Waals surface area contributed by atoms with Crippen LogP contribution in [0.5, 0.6) is 0 Å². The number of nitrogens with zero attached hydrogens (tertiary/aromatic N) is 2. The van der Waals surface area contributed by atoms with Gasteiger partial charge in [-0.25, -0.2) is 5.10 Å². The van der Waals surface area contributed by atoms with Gasteiger partial charge in [-0.05, 0) is 21.5 Å². The van der Waals surface area contributed by atoms with Gasteiger partial charge in [0.15, 0.2) is 0 Å². The van der Waals surface area contributed by atoms with Crippen LogP contribution in [0.15, 0.2) is 50.9 Å². The lowest BCUT2D eigenvalue weighted by Gasteiger charge is -2.00. The molecule has 0 radical (unpaired) electrons. The highest BCUT2D eigenvalue weighted by Gasteiger charge is 2.01. The Kier molecular flexibility index (Phi) is 3.66. The Morgan fingerprint density at radius 2 is 2.12 bits per heavy atom. The highest BCUT2D eigenvalue weighted by atomic mass is 79.9. The lowest BCUT2D eigenvalue weighted by atomic mass is 10.2. The Bertz CT molecular complexity index is 580. The SMILES string of the molecule is O=c1[nH]ncc(N/N=C/c2ccccc2)c1Br. The molecule has 86 valence electrons. The van der Waals surface area contributed by atoms with Crippen LogP contribution in [0.25, 0.3) is 0 Å². The molecule has 0 spiro atoms. The molecule has 0 unspecified atom stereocenters. The van der Waals surface area contributed by atoms with E-state index in [1.54, 1.807) is 6.21 Å². The van der Waals surface area contributed by atoms with Gasteiger partial charge in [-0.3, -0.25) is 10.2 Å². The molecule has 0 atom stereocenters. The van der Waals surface area contributed by atoms with Gasteiger partial charge >= 0.3 is 0 Å². The van der Waals surface area contributed by atoms with Crippen molar-refractivity contribution in [1.82, 2.24) is 10.2 Å². The van der Waals surface area contributed by atoms with Crippen LogP contribution in [-0.2, 0) is 0 Å². The molecule has 0 aliphatic rings. The number of hydrogen-bond donors (Lipinski definition) is 2. The maximum atomic E-state index is 11.2. The molecule has 0 amide bonds. The molecular formula is C11H9BrN4O.